The maximum Gasteiger partial charge on any atom is 0.306 e. The van der Waals surface area contributed by atoms with Crippen LogP contribution < -0.4 is 5.32 Å². The number of ether oxygens (including phenoxy) is 1. The lowest BCUT2D eigenvalue weighted by Crippen LogP contribution is -2.40. The van der Waals surface area contributed by atoms with Crippen LogP contribution in [0.15, 0.2) is 24.3 Å². The molecule has 2 rings (SSSR count). The number of hydrogen-bond acceptors (Lipinski definition) is 5. The van der Waals surface area contributed by atoms with E-state index in [1.807, 2.05) is 24.3 Å². The van der Waals surface area contributed by atoms with Gasteiger partial charge in [-0.05, 0) is 31.0 Å². The normalized spacial score (nSPS) is 21.6. The summed E-state index contributed by atoms with van der Waals surface area (Å²) in [5, 5.41) is 2.62. The van der Waals surface area contributed by atoms with Crippen molar-refractivity contribution in [1.82, 2.24) is 5.32 Å². The number of carbonyl (C=O) groups is 1. The molecule has 0 aliphatic heterocycles. The van der Waals surface area contributed by atoms with Crippen LogP contribution in [0.3, 0.4) is 0 Å². The van der Waals surface area contributed by atoms with E-state index in [9.17, 15) is 13.2 Å². The first-order chi connectivity index (χ1) is 9.99. The molecule has 0 radical (unpaired) electrons. The molecule has 1 N–H and O–H groups in total. The quantitative estimate of drug-likeness (QED) is 0.828. The van der Waals surface area contributed by atoms with Gasteiger partial charge in [-0.2, -0.15) is 0 Å². The highest BCUT2D eigenvalue weighted by Gasteiger charge is 2.37. The van der Waals surface area contributed by atoms with Gasteiger partial charge in [-0.3, -0.25) is 4.79 Å². The first kappa shape index (κ1) is 16.0. The van der Waals surface area contributed by atoms with Gasteiger partial charge in [0.1, 0.15) is 0 Å². The van der Waals surface area contributed by atoms with Crippen LogP contribution in [0.25, 0.3) is 0 Å². The van der Waals surface area contributed by atoms with Gasteiger partial charge in [0, 0.05) is 6.04 Å². The Kier molecular flexibility index (Phi) is 5.00. The van der Waals surface area contributed by atoms with Gasteiger partial charge in [-0.25, -0.2) is 8.42 Å². The Morgan fingerprint density at radius 2 is 2.10 bits per heavy atom. The van der Waals surface area contributed by atoms with E-state index < -0.39 is 21.1 Å². The second-order valence-corrected chi connectivity index (χ2v) is 7.57. The Bertz CT molecular complexity index is 612. The highest BCUT2D eigenvalue weighted by molar-refractivity contribution is 7.92. The van der Waals surface area contributed by atoms with Gasteiger partial charge < -0.3 is 10.1 Å². The molecule has 0 spiro atoms. The molecule has 1 aliphatic carbocycles. The van der Waals surface area contributed by atoms with E-state index in [0.717, 1.165) is 12.0 Å². The third kappa shape index (κ3) is 3.44. The number of methoxy groups -OCH3 is 1. The van der Waals surface area contributed by atoms with Gasteiger partial charge in [-0.15, -0.1) is 0 Å². The lowest BCUT2D eigenvalue weighted by Gasteiger charge is -2.33. The van der Waals surface area contributed by atoms with Crippen molar-refractivity contribution in [1.29, 1.82) is 0 Å². The Morgan fingerprint density at radius 3 is 2.76 bits per heavy atom. The molecule has 1 aliphatic rings. The summed E-state index contributed by atoms with van der Waals surface area (Å²) in [6.07, 6.45) is 1.23. The fraction of sp³-hybridized carbons (Fsp3) is 0.533. The van der Waals surface area contributed by atoms with Crippen LogP contribution in [0.1, 0.15) is 30.0 Å². The van der Waals surface area contributed by atoms with Crippen molar-refractivity contribution in [3.8, 4) is 0 Å². The monoisotopic (exact) mass is 311 g/mol. The van der Waals surface area contributed by atoms with E-state index in [-0.39, 0.29) is 18.2 Å². The number of esters is 1. The summed E-state index contributed by atoms with van der Waals surface area (Å²) in [6, 6.07) is 7.68. The van der Waals surface area contributed by atoms with Crippen molar-refractivity contribution >= 4 is 15.8 Å². The van der Waals surface area contributed by atoms with Gasteiger partial charge >= 0.3 is 5.97 Å². The summed E-state index contributed by atoms with van der Waals surface area (Å²) in [5.74, 6) is -0.652. The van der Waals surface area contributed by atoms with Crippen LogP contribution in [-0.2, 0) is 25.8 Å². The molecule has 1 aromatic carbocycles. The smallest absolute Gasteiger partial charge is 0.306 e. The fourth-order valence-electron chi connectivity index (χ4n) is 2.94. The molecule has 0 heterocycles. The first-order valence-corrected chi connectivity index (χ1v) is 8.74. The lowest BCUT2D eigenvalue weighted by atomic mass is 9.87. The van der Waals surface area contributed by atoms with Crippen molar-refractivity contribution in [2.45, 2.75) is 30.6 Å². The Hall–Kier alpha value is -1.40. The standard InChI is InChI=1S/C15H21NO4S/c1-16-15-12-6-4-3-5-11(12)7-8-13(15)21(18,19)10-9-14(17)20-2/h3-6,13,15-16H,7-10H2,1-2H3. The molecule has 2 unspecified atom stereocenters. The van der Waals surface area contributed by atoms with E-state index in [0.29, 0.717) is 6.42 Å². The van der Waals surface area contributed by atoms with Crippen molar-refractivity contribution in [3.63, 3.8) is 0 Å². The zero-order valence-electron chi connectivity index (χ0n) is 12.3. The maximum absolute atomic E-state index is 12.5. The van der Waals surface area contributed by atoms with Crippen molar-refractivity contribution < 1.29 is 17.9 Å². The number of aryl methyl sites for hydroxylation is 1. The van der Waals surface area contributed by atoms with Crippen LogP contribution >= 0.6 is 0 Å². The molecule has 0 saturated carbocycles. The van der Waals surface area contributed by atoms with E-state index in [1.165, 1.54) is 12.7 Å². The minimum Gasteiger partial charge on any atom is -0.469 e. The number of benzene rings is 1. The van der Waals surface area contributed by atoms with E-state index in [4.69, 9.17) is 0 Å². The average Bonchev–Trinajstić information content (AvgIpc) is 2.51. The number of nitrogens with one attached hydrogen (secondary N) is 1. The van der Waals surface area contributed by atoms with Crippen molar-refractivity contribution in [2.24, 2.45) is 0 Å². The Balaban J connectivity index is 2.22. The maximum atomic E-state index is 12.5. The molecular weight excluding hydrogens is 290 g/mol. The lowest BCUT2D eigenvalue weighted by molar-refractivity contribution is -0.140. The second kappa shape index (κ2) is 6.58. The zero-order valence-corrected chi connectivity index (χ0v) is 13.2. The number of sulfone groups is 1. The van der Waals surface area contributed by atoms with Crippen LogP contribution in [0.4, 0.5) is 0 Å². The SMILES string of the molecule is CNC1c2ccccc2CCC1S(=O)(=O)CCC(=O)OC. The molecule has 116 valence electrons. The van der Waals surface area contributed by atoms with Crippen molar-refractivity contribution in [3.05, 3.63) is 35.4 Å². The minimum atomic E-state index is -3.36. The van der Waals surface area contributed by atoms with E-state index in [1.54, 1.807) is 7.05 Å². The van der Waals surface area contributed by atoms with Crippen molar-refractivity contribution in [2.75, 3.05) is 19.9 Å². The molecule has 6 heteroatoms. The van der Waals surface area contributed by atoms with Gasteiger partial charge in [-0.1, -0.05) is 24.3 Å². The van der Waals surface area contributed by atoms with Crippen LogP contribution in [0.2, 0.25) is 0 Å². The number of carbonyl (C=O) groups excluding carboxylic acids is 1. The molecular formula is C15H21NO4S. The molecule has 5 nitrogen and oxygen atoms in total. The van der Waals surface area contributed by atoms with Crippen LogP contribution in [-0.4, -0.2) is 39.5 Å². The molecule has 1 aromatic rings. The van der Waals surface area contributed by atoms with Gasteiger partial charge in [0.15, 0.2) is 9.84 Å². The van der Waals surface area contributed by atoms with Gasteiger partial charge in [0.2, 0.25) is 0 Å². The third-order valence-corrected chi connectivity index (χ3v) is 6.25. The Labute approximate surface area is 125 Å². The molecule has 0 amide bonds. The minimum absolute atomic E-state index is 0.0899. The molecule has 0 bridgehead atoms. The fourth-order valence-corrected chi connectivity index (χ4v) is 4.87. The Morgan fingerprint density at radius 1 is 1.38 bits per heavy atom. The van der Waals surface area contributed by atoms with Crippen LogP contribution in [0.5, 0.6) is 0 Å². The van der Waals surface area contributed by atoms with E-state index >= 15 is 0 Å². The summed E-state index contributed by atoms with van der Waals surface area (Å²) in [4.78, 5) is 11.2. The highest BCUT2D eigenvalue weighted by atomic mass is 32.2. The molecule has 0 fully saturated rings. The third-order valence-electron chi connectivity index (χ3n) is 4.05. The second-order valence-electron chi connectivity index (χ2n) is 5.24. The number of fused-ring (bicyclic) bond motifs is 1. The highest BCUT2D eigenvalue weighted by Crippen LogP contribution is 2.34. The number of hydrogen-bond donors (Lipinski definition) is 1. The largest absolute Gasteiger partial charge is 0.469 e. The molecule has 2 atom stereocenters. The molecule has 0 saturated heterocycles. The zero-order chi connectivity index (χ0) is 15.5. The summed E-state index contributed by atoms with van der Waals surface area (Å²) in [7, 11) is -0.316. The summed E-state index contributed by atoms with van der Waals surface area (Å²) in [5.41, 5.74) is 2.23. The number of rotatable bonds is 5. The van der Waals surface area contributed by atoms with Crippen LogP contribution in [0, 0.1) is 0 Å². The predicted molar refractivity (Wildman–Crippen MR) is 80.8 cm³/mol. The van der Waals surface area contributed by atoms with E-state index in [2.05, 4.69) is 10.1 Å². The van der Waals surface area contributed by atoms with Gasteiger partial charge in [0.25, 0.3) is 0 Å². The first-order valence-electron chi connectivity index (χ1n) is 7.03. The summed E-state index contributed by atoms with van der Waals surface area (Å²) < 4.78 is 29.6. The topological polar surface area (TPSA) is 72.5 Å². The van der Waals surface area contributed by atoms with Gasteiger partial charge in [0.05, 0.1) is 24.5 Å². The molecule has 21 heavy (non-hydrogen) atoms. The average molecular weight is 311 g/mol. The predicted octanol–water partition coefficient (Wildman–Crippen LogP) is 1.24. The summed E-state index contributed by atoms with van der Waals surface area (Å²) >= 11 is 0. The molecule has 0 aromatic heterocycles. The summed E-state index contributed by atoms with van der Waals surface area (Å²) in [6.45, 7) is 0.